The van der Waals surface area contributed by atoms with E-state index in [1.807, 2.05) is 0 Å². The molecule has 0 heterocycles. The summed E-state index contributed by atoms with van der Waals surface area (Å²) in [7, 11) is -15.1. The fourth-order valence-corrected chi connectivity index (χ4v) is 4.99. The Bertz CT molecular complexity index is 1760. The minimum Gasteiger partial charge on any atom is -1.00 e. The number of nitrogens with zero attached hydrogens (tertiary/aromatic N) is 2. The summed E-state index contributed by atoms with van der Waals surface area (Å²) in [6.07, 6.45) is 0. The third-order valence-corrected chi connectivity index (χ3v) is 7.03. The van der Waals surface area contributed by atoms with Crippen LogP contribution in [0.4, 0.5) is 22.7 Å². The maximum Gasteiger partial charge on any atom is 1.00 e. The molecule has 0 bridgehead atoms. The summed E-state index contributed by atoms with van der Waals surface area (Å²) >= 11 is 0. The van der Waals surface area contributed by atoms with Crippen molar-refractivity contribution in [2.45, 2.75) is 21.6 Å². The molecule has 14 nitrogen and oxygen atoms in total. The maximum atomic E-state index is 12.0. The smallest absolute Gasteiger partial charge is 1.00 e. The van der Waals surface area contributed by atoms with E-state index in [4.69, 9.17) is 5.73 Å². The number of rotatable bonds is 6. The Morgan fingerprint density at radius 3 is 1.84 bits per heavy atom. The van der Waals surface area contributed by atoms with Gasteiger partial charge in [0.15, 0.2) is 0 Å². The third kappa shape index (κ3) is 9.28. The van der Waals surface area contributed by atoms with Gasteiger partial charge in [-0.25, -0.2) is 0 Å². The number of carbonyl (C=O) groups is 1. The first-order chi connectivity index (χ1) is 16.0. The Hall–Kier alpha value is -0.480. The molecule has 3 aromatic carbocycles. The minimum absolute atomic E-state index is 0. The molecule has 0 aromatic heterocycles. The van der Waals surface area contributed by atoms with Crippen molar-refractivity contribution >= 4 is 69.8 Å². The van der Waals surface area contributed by atoms with Crippen LogP contribution in [0.15, 0.2) is 67.4 Å². The van der Waals surface area contributed by atoms with Gasteiger partial charge in [-0.15, -0.1) is 10.2 Å². The molecule has 3 rings (SSSR count). The van der Waals surface area contributed by atoms with Crippen molar-refractivity contribution < 1.29 is 137 Å². The first-order valence-corrected chi connectivity index (χ1v) is 13.4. The van der Waals surface area contributed by atoms with Gasteiger partial charge in [0.2, 0.25) is 5.91 Å². The number of amides is 1. The van der Waals surface area contributed by atoms with Crippen LogP contribution < -0.4 is 99.7 Å². The van der Waals surface area contributed by atoms with Crippen LogP contribution in [0.3, 0.4) is 0 Å². The average molecular weight is 617 g/mol. The van der Waals surface area contributed by atoms with E-state index in [1.54, 1.807) is 0 Å². The predicted octanol–water partition coefficient (Wildman–Crippen LogP) is -6.11. The van der Waals surface area contributed by atoms with Gasteiger partial charge < -0.3 is 15.3 Å². The van der Waals surface area contributed by atoms with Crippen LogP contribution in [-0.4, -0.2) is 44.8 Å². The molecule has 192 valence electrons. The molecule has 38 heavy (non-hydrogen) atoms. The van der Waals surface area contributed by atoms with Crippen LogP contribution in [-0.2, 0) is 35.1 Å². The van der Waals surface area contributed by atoms with E-state index in [1.165, 1.54) is 25.1 Å². The number of nitrogens with two attached hydrogens (primary N) is 1. The first-order valence-electron chi connectivity index (χ1n) is 9.10. The molecule has 0 unspecified atom stereocenters. The van der Waals surface area contributed by atoms with Crippen molar-refractivity contribution in [2.24, 2.45) is 10.2 Å². The van der Waals surface area contributed by atoms with Crippen LogP contribution >= 0.6 is 0 Å². The Morgan fingerprint density at radius 1 is 0.789 bits per heavy atom. The number of hydrogen-bond acceptors (Lipinski definition) is 10. The van der Waals surface area contributed by atoms with E-state index in [-0.39, 0.29) is 110 Å². The van der Waals surface area contributed by atoms with Gasteiger partial charge in [0, 0.05) is 18.0 Å². The number of anilines is 2. The molecule has 6 N–H and O–H groups in total. The largest absolute Gasteiger partial charge is 1.00 e. The summed E-state index contributed by atoms with van der Waals surface area (Å²) in [6, 6.07) is 6.75. The maximum absolute atomic E-state index is 12.0. The fraction of sp³-hybridized carbons (Fsp3) is 0.0556. The minimum atomic E-state index is -5.09. The van der Waals surface area contributed by atoms with Crippen molar-refractivity contribution in [3.63, 3.8) is 0 Å². The van der Waals surface area contributed by atoms with Gasteiger partial charge in [0.05, 0.1) is 10.6 Å². The van der Waals surface area contributed by atoms with Crippen LogP contribution in [0, 0.1) is 0 Å². The van der Waals surface area contributed by atoms with Gasteiger partial charge in [-0.1, -0.05) is 0 Å². The second-order valence-corrected chi connectivity index (χ2v) is 11.2. The zero-order valence-corrected chi connectivity index (χ0v) is 28.9. The van der Waals surface area contributed by atoms with Gasteiger partial charge in [-0.05, 0) is 47.9 Å². The molecule has 0 saturated heterocycles. The van der Waals surface area contributed by atoms with Crippen molar-refractivity contribution in [2.75, 3.05) is 11.1 Å². The number of hydrogen-bond donors (Lipinski definition) is 5. The quantitative estimate of drug-likeness (QED) is 0.0755. The van der Waals surface area contributed by atoms with Gasteiger partial charge in [-0.2, -0.15) is 25.3 Å². The topological polar surface area (TPSA) is 243 Å². The van der Waals surface area contributed by atoms with Crippen LogP contribution in [0.1, 0.15) is 11.2 Å². The summed E-state index contributed by atoms with van der Waals surface area (Å²) in [5, 5.41) is 9.21. The zero-order valence-electron chi connectivity index (χ0n) is 23.4. The van der Waals surface area contributed by atoms with E-state index in [2.05, 4.69) is 15.5 Å². The fourth-order valence-electron chi connectivity index (χ4n) is 3.00. The Balaban J connectivity index is -0.00000114. The standard InChI is InChI=1S/C18H16N4O10S3.3Na.3H/c1-9(23)20-15-6-11(19)2-3-14(15)21-22-16-8-13-10(5-18(16)35(30,31)32)4-12(33(24,25)26)7-17(13)34(27,28)29;;;;;;/h2-8H,19H2,1H3,(H,20,23)(H,24,25,26)(H,27,28,29)(H,30,31,32);;;;;;/q;3*+1;3*-1. The number of azo groups is 1. The Labute approximate surface area is 288 Å². The van der Waals surface area contributed by atoms with E-state index in [0.717, 1.165) is 12.1 Å². The summed E-state index contributed by atoms with van der Waals surface area (Å²) < 4.78 is 99.3. The molecule has 0 aliphatic rings. The molecule has 1 amide bonds. The molecule has 0 saturated carbocycles. The van der Waals surface area contributed by atoms with Crippen molar-refractivity contribution in [3.05, 3.63) is 42.5 Å². The number of carbonyl (C=O) groups excluding carboxylic acids is 1. The zero-order chi connectivity index (χ0) is 26.3. The van der Waals surface area contributed by atoms with Crippen molar-refractivity contribution in [1.82, 2.24) is 0 Å². The second-order valence-electron chi connectivity index (χ2n) is 7.05. The van der Waals surface area contributed by atoms with Crippen molar-refractivity contribution in [1.29, 1.82) is 0 Å². The number of nitrogens with one attached hydrogen (secondary N) is 1. The van der Waals surface area contributed by atoms with Crippen molar-refractivity contribution in [3.8, 4) is 0 Å². The molecule has 0 fully saturated rings. The second kappa shape index (κ2) is 13.9. The van der Waals surface area contributed by atoms with E-state index in [9.17, 15) is 43.7 Å². The Kier molecular flexibility index (Phi) is 13.8. The summed E-state index contributed by atoms with van der Waals surface area (Å²) in [6.45, 7) is 1.21. The summed E-state index contributed by atoms with van der Waals surface area (Å²) in [4.78, 5) is 8.58. The Morgan fingerprint density at radius 2 is 1.34 bits per heavy atom. The van der Waals surface area contributed by atoms with Gasteiger partial charge >= 0.3 is 88.7 Å². The van der Waals surface area contributed by atoms with Gasteiger partial charge in [0.25, 0.3) is 30.4 Å². The molecule has 0 aliphatic heterocycles. The molecule has 0 spiro atoms. The number of nitrogen functional groups attached to an aromatic ring is 1. The van der Waals surface area contributed by atoms with Crippen LogP contribution in [0.5, 0.6) is 0 Å². The first kappa shape index (κ1) is 37.5. The molecular formula is C18H19N4Na3O10S3. The molecule has 0 atom stereocenters. The van der Waals surface area contributed by atoms with Gasteiger partial charge in [0.1, 0.15) is 21.2 Å². The molecule has 3 aromatic rings. The van der Waals surface area contributed by atoms with E-state index < -0.39 is 67.4 Å². The molecule has 20 heteroatoms. The monoisotopic (exact) mass is 616 g/mol. The number of fused-ring (bicyclic) bond motifs is 1. The molecule has 0 radical (unpaired) electrons. The van der Waals surface area contributed by atoms with E-state index >= 15 is 0 Å². The number of benzene rings is 3. The summed E-state index contributed by atoms with van der Waals surface area (Å²) in [5.74, 6) is -0.483. The summed E-state index contributed by atoms with van der Waals surface area (Å²) in [5.41, 5.74) is 5.44. The SMILES string of the molecule is CC(=O)Nc1cc(N)ccc1N=Nc1cc2c(S(=O)(=O)O)cc(S(=O)(=O)O)cc2cc1S(=O)(=O)O.[H-].[H-].[H-].[Na+].[Na+].[Na+]. The van der Waals surface area contributed by atoms with E-state index in [0.29, 0.717) is 12.1 Å². The normalized spacial score (nSPS) is 11.8. The molecule has 0 aliphatic carbocycles. The van der Waals surface area contributed by atoms with Crippen LogP contribution in [0.25, 0.3) is 10.8 Å². The van der Waals surface area contributed by atoms with Crippen LogP contribution in [0.2, 0.25) is 0 Å². The van der Waals surface area contributed by atoms with Gasteiger partial charge in [-0.3, -0.25) is 18.5 Å². The molecular weight excluding hydrogens is 597 g/mol. The average Bonchev–Trinajstić information content (AvgIpc) is 2.69. The third-order valence-electron chi connectivity index (χ3n) is 4.42. The predicted molar refractivity (Wildman–Crippen MR) is 126 cm³/mol.